The Morgan fingerprint density at radius 3 is 2.49 bits per heavy atom. The highest BCUT2D eigenvalue weighted by atomic mass is 35.5. The van der Waals surface area contributed by atoms with E-state index in [1.807, 2.05) is 0 Å². The van der Waals surface area contributed by atoms with Crippen molar-refractivity contribution < 1.29 is 50.2 Å². The summed E-state index contributed by atoms with van der Waals surface area (Å²) >= 11 is 6.45. The number of hydrogen-bond donors (Lipinski definition) is 1. The molecule has 0 spiro atoms. The fraction of sp³-hybridized carbons (Fsp3) is 0.440. The molecule has 2 amide bonds. The second kappa shape index (κ2) is 11.1. The molecule has 18 heteroatoms. The zero-order valence-electron chi connectivity index (χ0n) is 22.6. The number of hydrogen-bond acceptors (Lipinski definition) is 9. The van der Waals surface area contributed by atoms with Crippen LogP contribution in [0.3, 0.4) is 0 Å². The Hall–Kier alpha value is -3.67. The summed E-state index contributed by atoms with van der Waals surface area (Å²) in [4.78, 5) is 34.4. The van der Waals surface area contributed by atoms with E-state index >= 15 is 0 Å². The first kappa shape index (κ1) is 30.8. The maximum atomic E-state index is 14.6. The van der Waals surface area contributed by atoms with E-state index in [0.29, 0.717) is 36.5 Å². The molecule has 1 fully saturated rings. The predicted octanol–water partition coefficient (Wildman–Crippen LogP) is 4.40. The van der Waals surface area contributed by atoms with Crippen LogP contribution in [0.25, 0.3) is 11.7 Å². The molecule has 0 unspecified atom stereocenters. The predicted molar refractivity (Wildman–Crippen MR) is 142 cm³/mol. The van der Waals surface area contributed by atoms with E-state index in [4.69, 9.17) is 25.5 Å². The highest BCUT2D eigenvalue weighted by molar-refractivity contribution is 7.90. The van der Waals surface area contributed by atoms with Gasteiger partial charge in [0, 0.05) is 23.8 Å². The first-order valence-corrected chi connectivity index (χ1v) is 14.6. The fourth-order valence-electron chi connectivity index (χ4n) is 4.85. The number of benzene rings is 1. The molecule has 0 saturated carbocycles. The number of nitrogens with zero attached hydrogens (tertiary/aromatic N) is 5. The third kappa shape index (κ3) is 5.45. The number of carboxylic acid groups (broad SMARTS) is 1. The summed E-state index contributed by atoms with van der Waals surface area (Å²) in [6.07, 6.45) is -4.03. The van der Waals surface area contributed by atoms with Gasteiger partial charge in [-0.3, -0.25) is 4.90 Å². The van der Waals surface area contributed by atoms with Gasteiger partial charge in [0.2, 0.25) is 10.9 Å². The van der Waals surface area contributed by atoms with Gasteiger partial charge in [0.05, 0.1) is 18.8 Å². The highest BCUT2D eigenvalue weighted by Gasteiger charge is 2.58. The molecular weight excluding hydrogens is 623 g/mol. The third-order valence-corrected chi connectivity index (χ3v) is 9.29. The fourth-order valence-corrected chi connectivity index (χ4v) is 7.08. The second-order valence-corrected chi connectivity index (χ2v) is 12.3. The molecule has 2 aliphatic heterocycles. The largest absolute Gasteiger partial charge is 0.491 e. The van der Waals surface area contributed by atoms with Crippen LogP contribution in [-0.2, 0) is 30.6 Å². The molecule has 232 valence electrons. The van der Waals surface area contributed by atoms with Gasteiger partial charge < -0.3 is 19.0 Å². The van der Waals surface area contributed by atoms with Crippen molar-refractivity contribution in [3.8, 4) is 11.7 Å². The Morgan fingerprint density at radius 2 is 1.91 bits per heavy atom. The summed E-state index contributed by atoms with van der Waals surface area (Å²) in [5.41, 5.74) is -2.18. The van der Waals surface area contributed by atoms with E-state index in [-0.39, 0.29) is 9.33 Å². The minimum atomic E-state index is -5.50. The van der Waals surface area contributed by atoms with E-state index in [1.54, 1.807) is 24.3 Å². The Bertz CT molecular complexity index is 1640. The molecular formula is C25H25ClF3N5O8S. The van der Waals surface area contributed by atoms with Crippen molar-refractivity contribution in [1.29, 1.82) is 0 Å². The molecule has 13 nitrogen and oxygen atoms in total. The molecule has 1 N–H and O–H groups in total. The van der Waals surface area contributed by atoms with Gasteiger partial charge in [-0.05, 0) is 32.8 Å². The van der Waals surface area contributed by atoms with Gasteiger partial charge in [-0.25, -0.2) is 24.1 Å². The van der Waals surface area contributed by atoms with Gasteiger partial charge in [-0.1, -0.05) is 29.8 Å². The van der Waals surface area contributed by atoms with Crippen LogP contribution in [0.4, 0.5) is 23.8 Å². The first-order chi connectivity index (χ1) is 20.2. The maximum absolute atomic E-state index is 14.6. The number of alkyl halides is 3. The number of oxazole rings is 1. The quantitative estimate of drug-likeness (QED) is 0.372. The lowest BCUT2D eigenvalue weighted by Gasteiger charge is -2.41. The van der Waals surface area contributed by atoms with Crippen LogP contribution in [0, 0.1) is 0 Å². The molecule has 43 heavy (non-hydrogen) atoms. The molecule has 1 aromatic carbocycles. The summed E-state index contributed by atoms with van der Waals surface area (Å²) in [6.45, 7) is 1.92. The Labute approximate surface area is 247 Å². The number of rotatable bonds is 8. The van der Waals surface area contributed by atoms with Crippen molar-refractivity contribution in [2.24, 2.45) is 0 Å². The van der Waals surface area contributed by atoms with Crippen molar-refractivity contribution in [3.63, 3.8) is 0 Å². The Balaban J connectivity index is 1.74. The van der Waals surface area contributed by atoms with Gasteiger partial charge >= 0.3 is 18.3 Å². The van der Waals surface area contributed by atoms with Gasteiger partial charge in [0.1, 0.15) is 12.4 Å². The van der Waals surface area contributed by atoms with Crippen LogP contribution in [0.1, 0.15) is 38.4 Å². The molecule has 1 atom stereocenters. The molecule has 2 aromatic heterocycles. The number of sulfonamides is 1. The number of amides is 2. The zero-order chi connectivity index (χ0) is 31.3. The zero-order valence-corrected chi connectivity index (χ0v) is 24.2. The lowest BCUT2D eigenvalue weighted by atomic mass is 10.1. The number of ether oxygens (including phenoxy) is 2. The molecule has 3 aromatic rings. The lowest BCUT2D eigenvalue weighted by molar-refractivity contribution is -0.208. The van der Waals surface area contributed by atoms with Gasteiger partial charge in [0.15, 0.2) is 11.4 Å². The molecule has 0 radical (unpaired) electrons. The third-order valence-electron chi connectivity index (χ3n) is 7.00. The molecule has 4 heterocycles. The number of anilines is 1. The standard InChI is InChI=1S/C25H25ClF3N5O8S/c1-24(2,22(35)36)34-23(37)32(13-17(15-5-3-4-6-16(15)26)42-14-7-10-40-11-8-14)19-21(43(34,38)39)33(25(27,28)29)18(31-19)20-30-9-12-41-20/h3-6,9,12,14,17H,7-8,10-11,13H2,1-2H3,(H,35,36)/t17-/m0/s1. The van der Waals surface area contributed by atoms with Crippen LogP contribution in [0.15, 0.2) is 46.2 Å². The van der Waals surface area contributed by atoms with Crippen LogP contribution in [0.2, 0.25) is 5.02 Å². The molecule has 2 aliphatic rings. The monoisotopic (exact) mass is 647 g/mol. The normalized spacial score (nSPS) is 18.5. The number of imidazole rings is 1. The van der Waals surface area contributed by atoms with E-state index in [1.165, 1.54) is 0 Å². The van der Waals surface area contributed by atoms with Gasteiger partial charge in [0.25, 0.3) is 15.9 Å². The Morgan fingerprint density at radius 1 is 1.23 bits per heavy atom. The number of aliphatic carboxylic acids is 1. The van der Waals surface area contributed by atoms with E-state index in [2.05, 4.69) is 9.97 Å². The Kier molecular flexibility index (Phi) is 7.95. The van der Waals surface area contributed by atoms with Crippen molar-refractivity contribution in [3.05, 3.63) is 47.3 Å². The number of carbonyl (C=O) groups excluding carboxylic acids is 1. The molecule has 1 saturated heterocycles. The molecule has 0 aliphatic carbocycles. The van der Waals surface area contributed by atoms with E-state index < -0.39 is 79.7 Å². The summed E-state index contributed by atoms with van der Waals surface area (Å²) in [6, 6.07) is 4.94. The topological polar surface area (TPSA) is 157 Å². The minimum absolute atomic E-state index is 0.105. The van der Waals surface area contributed by atoms with Gasteiger partial charge in [-0.15, -0.1) is 13.2 Å². The van der Waals surface area contributed by atoms with Crippen LogP contribution >= 0.6 is 11.6 Å². The summed E-state index contributed by atoms with van der Waals surface area (Å²) in [5, 5.41) is 8.59. The smallest absolute Gasteiger partial charge is 0.479 e. The summed E-state index contributed by atoms with van der Waals surface area (Å²) in [5.74, 6) is -4.47. The highest BCUT2D eigenvalue weighted by Crippen LogP contribution is 2.45. The van der Waals surface area contributed by atoms with E-state index in [0.717, 1.165) is 26.3 Å². The van der Waals surface area contributed by atoms with Crippen LogP contribution < -0.4 is 4.90 Å². The van der Waals surface area contributed by atoms with Crippen molar-refractivity contribution >= 4 is 39.4 Å². The number of aromatic nitrogens is 3. The number of carboxylic acids is 1. The number of carbonyl (C=O) groups is 2. The molecule has 5 rings (SSSR count). The second-order valence-electron chi connectivity index (χ2n) is 10.2. The first-order valence-electron chi connectivity index (χ1n) is 12.8. The number of urea groups is 1. The van der Waals surface area contributed by atoms with Crippen molar-refractivity contribution in [1.82, 2.24) is 18.8 Å². The lowest BCUT2D eigenvalue weighted by Crippen LogP contribution is -2.62. The molecule has 0 bridgehead atoms. The minimum Gasteiger partial charge on any atom is -0.479 e. The van der Waals surface area contributed by atoms with Crippen molar-refractivity contribution in [2.75, 3.05) is 24.7 Å². The maximum Gasteiger partial charge on any atom is 0.491 e. The van der Waals surface area contributed by atoms with Crippen LogP contribution in [-0.4, -0.2) is 75.8 Å². The van der Waals surface area contributed by atoms with Gasteiger partial charge in [-0.2, -0.15) is 12.7 Å². The van der Waals surface area contributed by atoms with Crippen molar-refractivity contribution in [2.45, 2.75) is 55.8 Å². The average Bonchev–Trinajstić information content (AvgIpc) is 3.60. The average molecular weight is 648 g/mol. The SMILES string of the molecule is CC(C)(C(=O)O)N1C(=O)N(C[C@H](OC2CCOCC2)c2ccccc2Cl)c2nc(-c3ncco3)n(C(F)(F)F)c2S1(=O)=O. The summed E-state index contributed by atoms with van der Waals surface area (Å²) in [7, 11) is -5.50. The number of fused-ring (bicyclic) bond motifs is 1. The number of halogens is 4. The summed E-state index contributed by atoms with van der Waals surface area (Å²) < 4.78 is 87.4. The van der Waals surface area contributed by atoms with Crippen LogP contribution in [0.5, 0.6) is 0 Å². The van der Waals surface area contributed by atoms with E-state index in [9.17, 15) is 36.3 Å².